The minimum absolute atomic E-state index is 0.0683. The second-order valence-electron chi connectivity index (χ2n) is 4.00. The maximum absolute atomic E-state index is 12.2. The number of rotatable bonds is 6. The molecule has 2 N–H and O–H groups in total. The Morgan fingerprint density at radius 3 is 2.71 bits per heavy atom. The minimum atomic E-state index is 0.0683. The normalized spacial score (nSPS) is 16.0. The maximum Gasteiger partial charge on any atom is 0.320 e. The van der Waals surface area contributed by atoms with Crippen LogP contribution in [0.4, 0.5) is 4.79 Å². The molecule has 0 spiro atoms. The number of morpholine rings is 1. The molecule has 1 aliphatic rings. The number of carbonyl (C=O) groups excluding carboxylic acids is 1. The Kier molecular flexibility index (Phi) is 6.91. The van der Waals surface area contributed by atoms with Crippen molar-refractivity contribution in [1.82, 2.24) is 9.80 Å². The fourth-order valence-corrected chi connectivity index (χ4v) is 1.74. The van der Waals surface area contributed by atoms with Gasteiger partial charge in [-0.2, -0.15) is 0 Å². The van der Waals surface area contributed by atoms with Gasteiger partial charge in [0, 0.05) is 33.3 Å². The van der Waals surface area contributed by atoms with E-state index in [1.165, 1.54) is 0 Å². The number of nitrogens with two attached hydrogens (primary N) is 1. The molecule has 0 aromatic carbocycles. The summed E-state index contributed by atoms with van der Waals surface area (Å²) in [6.45, 7) is 5.06. The van der Waals surface area contributed by atoms with Crippen molar-refractivity contribution in [3.8, 4) is 0 Å². The predicted octanol–water partition coefficient (Wildman–Crippen LogP) is -0.264. The number of ether oxygens (including phenoxy) is 2. The van der Waals surface area contributed by atoms with E-state index in [0.29, 0.717) is 52.5 Å². The van der Waals surface area contributed by atoms with Crippen molar-refractivity contribution in [2.45, 2.75) is 6.42 Å². The third-order valence-corrected chi connectivity index (χ3v) is 2.75. The molecular formula is C11H23N3O3. The summed E-state index contributed by atoms with van der Waals surface area (Å²) in [7, 11) is 1.64. The molecule has 1 aliphatic heterocycles. The standard InChI is InChI=1S/C11H23N3O3/c1-16-8-5-13(4-2-3-12)11(15)14-6-9-17-10-7-14/h2-10,12H2,1H3. The Bertz CT molecular complexity index is 212. The lowest BCUT2D eigenvalue weighted by Gasteiger charge is -2.32. The molecule has 1 rings (SSSR count). The first-order chi connectivity index (χ1) is 8.29. The number of amides is 2. The topological polar surface area (TPSA) is 68.0 Å². The van der Waals surface area contributed by atoms with Crippen LogP contribution in [0.3, 0.4) is 0 Å². The van der Waals surface area contributed by atoms with Crippen molar-refractivity contribution >= 4 is 6.03 Å². The summed E-state index contributed by atoms with van der Waals surface area (Å²) in [5, 5.41) is 0. The van der Waals surface area contributed by atoms with Gasteiger partial charge in [-0.15, -0.1) is 0 Å². The Morgan fingerprint density at radius 2 is 2.12 bits per heavy atom. The predicted molar refractivity (Wildman–Crippen MR) is 64.9 cm³/mol. The third-order valence-electron chi connectivity index (χ3n) is 2.75. The number of methoxy groups -OCH3 is 1. The fraction of sp³-hybridized carbons (Fsp3) is 0.909. The van der Waals surface area contributed by atoms with Crippen molar-refractivity contribution in [3.63, 3.8) is 0 Å². The van der Waals surface area contributed by atoms with E-state index in [4.69, 9.17) is 15.2 Å². The largest absolute Gasteiger partial charge is 0.383 e. The van der Waals surface area contributed by atoms with Crippen LogP contribution in [0.25, 0.3) is 0 Å². The van der Waals surface area contributed by atoms with Crippen molar-refractivity contribution in [3.05, 3.63) is 0 Å². The Hall–Kier alpha value is -0.850. The number of carbonyl (C=O) groups is 1. The minimum Gasteiger partial charge on any atom is -0.383 e. The summed E-state index contributed by atoms with van der Waals surface area (Å²) in [4.78, 5) is 15.8. The van der Waals surface area contributed by atoms with Gasteiger partial charge < -0.3 is 25.0 Å². The van der Waals surface area contributed by atoms with Crippen LogP contribution in [-0.4, -0.2) is 75.5 Å². The highest BCUT2D eigenvalue weighted by atomic mass is 16.5. The zero-order chi connectivity index (χ0) is 12.5. The van der Waals surface area contributed by atoms with Crippen molar-refractivity contribution in [2.24, 2.45) is 5.73 Å². The van der Waals surface area contributed by atoms with E-state index in [-0.39, 0.29) is 6.03 Å². The van der Waals surface area contributed by atoms with E-state index < -0.39 is 0 Å². The summed E-state index contributed by atoms with van der Waals surface area (Å²) >= 11 is 0. The summed E-state index contributed by atoms with van der Waals surface area (Å²) < 4.78 is 10.3. The highest BCUT2D eigenvalue weighted by Crippen LogP contribution is 2.04. The summed E-state index contributed by atoms with van der Waals surface area (Å²) in [6.07, 6.45) is 0.819. The highest BCUT2D eigenvalue weighted by molar-refractivity contribution is 5.74. The first kappa shape index (κ1) is 14.2. The molecule has 0 aromatic heterocycles. The molecule has 1 saturated heterocycles. The molecule has 1 fully saturated rings. The molecule has 6 nitrogen and oxygen atoms in total. The lowest BCUT2D eigenvalue weighted by molar-refractivity contribution is 0.0407. The highest BCUT2D eigenvalue weighted by Gasteiger charge is 2.22. The summed E-state index contributed by atoms with van der Waals surface area (Å²) in [6, 6.07) is 0.0683. The zero-order valence-electron chi connectivity index (χ0n) is 10.6. The van der Waals surface area contributed by atoms with Crippen LogP contribution >= 0.6 is 0 Å². The molecule has 0 radical (unpaired) electrons. The van der Waals surface area contributed by atoms with Crippen molar-refractivity contribution in [1.29, 1.82) is 0 Å². The molecular weight excluding hydrogens is 222 g/mol. The zero-order valence-corrected chi connectivity index (χ0v) is 10.6. The maximum atomic E-state index is 12.2. The van der Waals surface area contributed by atoms with Crippen molar-refractivity contribution in [2.75, 3.05) is 59.7 Å². The first-order valence-electron chi connectivity index (χ1n) is 6.10. The van der Waals surface area contributed by atoms with E-state index in [1.54, 1.807) is 7.11 Å². The number of nitrogens with zero attached hydrogens (tertiary/aromatic N) is 2. The Morgan fingerprint density at radius 1 is 1.41 bits per heavy atom. The first-order valence-corrected chi connectivity index (χ1v) is 6.10. The number of hydrogen-bond acceptors (Lipinski definition) is 4. The second-order valence-corrected chi connectivity index (χ2v) is 4.00. The van der Waals surface area contributed by atoms with Gasteiger partial charge in [0.25, 0.3) is 0 Å². The Balaban J connectivity index is 2.44. The molecule has 1 heterocycles. The lowest BCUT2D eigenvalue weighted by atomic mass is 10.3. The SMILES string of the molecule is COCCN(CCCN)C(=O)N1CCOCC1. The second kappa shape index (κ2) is 8.27. The molecule has 0 unspecified atom stereocenters. The van der Waals surface area contributed by atoms with Gasteiger partial charge in [0.2, 0.25) is 0 Å². The molecule has 0 atom stereocenters. The number of urea groups is 1. The smallest absolute Gasteiger partial charge is 0.320 e. The van der Waals surface area contributed by atoms with Crippen LogP contribution in [0.5, 0.6) is 0 Å². The lowest BCUT2D eigenvalue weighted by Crippen LogP contribution is -2.49. The quantitative estimate of drug-likeness (QED) is 0.700. The molecule has 6 heteroatoms. The van der Waals surface area contributed by atoms with E-state index in [0.717, 1.165) is 6.42 Å². The molecule has 0 aromatic rings. The van der Waals surface area contributed by atoms with Crippen molar-refractivity contribution < 1.29 is 14.3 Å². The van der Waals surface area contributed by atoms with Gasteiger partial charge in [0.15, 0.2) is 0 Å². The van der Waals surface area contributed by atoms with Crippen LogP contribution in [0.15, 0.2) is 0 Å². The van der Waals surface area contributed by atoms with Gasteiger partial charge in [-0.3, -0.25) is 0 Å². The van der Waals surface area contributed by atoms with Gasteiger partial charge >= 0.3 is 6.03 Å². The molecule has 100 valence electrons. The third kappa shape index (κ3) is 4.89. The van der Waals surface area contributed by atoms with E-state index >= 15 is 0 Å². The molecule has 0 saturated carbocycles. The molecule has 0 bridgehead atoms. The van der Waals surface area contributed by atoms with E-state index in [2.05, 4.69) is 0 Å². The van der Waals surface area contributed by atoms with Crippen LogP contribution < -0.4 is 5.73 Å². The molecule has 17 heavy (non-hydrogen) atoms. The summed E-state index contributed by atoms with van der Waals surface area (Å²) in [5.41, 5.74) is 5.48. The number of hydrogen-bond donors (Lipinski definition) is 1. The van der Waals surface area contributed by atoms with Gasteiger partial charge in [-0.1, -0.05) is 0 Å². The van der Waals surface area contributed by atoms with Gasteiger partial charge in [-0.25, -0.2) is 4.79 Å². The van der Waals surface area contributed by atoms with Crippen LogP contribution in [0.2, 0.25) is 0 Å². The fourth-order valence-electron chi connectivity index (χ4n) is 1.74. The van der Waals surface area contributed by atoms with Crippen LogP contribution in [0, 0.1) is 0 Å². The molecule has 0 aliphatic carbocycles. The van der Waals surface area contributed by atoms with Crippen LogP contribution in [-0.2, 0) is 9.47 Å². The van der Waals surface area contributed by atoms with Gasteiger partial charge in [0.05, 0.1) is 19.8 Å². The van der Waals surface area contributed by atoms with Gasteiger partial charge in [0.1, 0.15) is 0 Å². The van der Waals surface area contributed by atoms with Gasteiger partial charge in [-0.05, 0) is 13.0 Å². The average Bonchev–Trinajstić information content (AvgIpc) is 2.39. The Labute approximate surface area is 103 Å². The van der Waals surface area contributed by atoms with E-state index in [9.17, 15) is 4.79 Å². The summed E-state index contributed by atoms with van der Waals surface area (Å²) in [5.74, 6) is 0. The molecule has 2 amide bonds. The average molecular weight is 245 g/mol. The van der Waals surface area contributed by atoms with E-state index in [1.807, 2.05) is 9.80 Å². The van der Waals surface area contributed by atoms with Crippen LogP contribution in [0.1, 0.15) is 6.42 Å². The monoisotopic (exact) mass is 245 g/mol.